The van der Waals surface area contributed by atoms with Gasteiger partial charge in [-0.2, -0.15) is 13.2 Å². The normalized spacial score (nSPS) is 12.1. The Balaban J connectivity index is 2.20. The summed E-state index contributed by atoms with van der Waals surface area (Å²) in [6.07, 6.45) is -3.00. The van der Waals surface area contributed by atoms with E-state index in [1.54, 1.807) is 18.2 Å². The molecule has 0 aromatic heterocycles. The molecule has 1 atom stereocenters. The molecule has 154 valence electrons. The Labute approximate surface area is 166 Å². The third-order valence-corrected chi connectivity index (χ3v) is 4.16. The first-order valence-electron chi connectivity index (χ1n) is 9.09. The van der Waals surface area contributed by atoms with Crippen molar-refractivity contribution in [3.8, 4) is 0 Å². The van der Waals surface area contributed by atoms with Crippen molar-refractivity contribution in [1.29, 1.82) is 0 Å². The van der Waals surface area contributed by atoms with E-state index in [-0.39, 0.29) is 11.1 Å². The molecule has 0 saturated carbocycles. The lowest BCUT2D eigenvalue weighted by Gasteiger charge is -2.18. The van der Waals surface area contributed by atoms with Crippen molar-refractivity contribution < 1.29 is 27.6 Å². The Morgan fingerprint density at radius 2 is 1.55 bits per heavy atom. The fourth-order valence-corrected chi connectivity index (χ4v) is 2.53. The van der Waals surface area contributed by atoms with E-state index in [9.17, 15) is 27.6 Å². The smallest absolute Gasteiger partial charge is 0.354 e. The lowest BCUT2D eigenvalue weighted by atomic mass is 10.0. The maximum absolute atomic E-state index is 12.7. The number of rotatable bonds is 8. The van der Waals surface area contributed by atoms with E-state index in [1.807, 2.05) is 6.92 Å². The zero-order valence-electron chi connectivity index (χ0n) is 15.8. The zero-order chi connectivity index (χ0) is 21.4. The van der Waals surface area contributed by atoms with Crippen LogP contribution in [-0.4, -0.2) is 30.2 Å². The first-order valence-corrected chi connectivity index (χ1v) is 9.09. The highest BCUT2D eigenvalue weighted by molar-refractivity contribution is 6.16. The van der Waals surface area contributed by atoms with Gasteiger partial charge in [0.15, 0.2) is 11.8 Å². The molecule has 0 heterocycles. The molecule has 2 amide bonds. The van der Waals surface area contributed by atoms with Crippen molar-refractivity contribution in [3.05, 3.63) is 71.3 Å². The van der Waals surface area contributed by atoms with Crippen molar-refractivity contribution in [1.82, 2.24) is 10.6 Å². The zero-order valence-corrected chi connectivity index (χ0v) is 15.8. The Hall–Kier alpha value is -3.16. The summed E-state index contributed by atoms with van der Waals surface area (Å²) in [5.41, 5.74) is -0.760. The standard InChI is InChI=1S/C21H21F3N2O3/c1-2-3-13-25-20(29)17(18(27)14-7-5-4-6-8-14)26-19(28)15-9-11-16(12-10-15)21(22,23)24/h4-12,17H,2-3,13H2,1H3,(H,25,29)(H,26,28). The number of alkyl halides is 3. The molecular formula is C21H21F3N2O3. The first-order chi connectivity index (χ1) is 13.7. The van der Waals surface area contributed by atoms with Crippen LogP contribution >= 0.6 is 0 Å². The van der Waals surface area contributed by atoms with Gasteiger partial charge in [0.2, 0.25) is 0 Å². The van der Waals surface area contributed by atoms with Gasteiger partial charge in [0.1, 0.15) is 0 Å². The van der Waals surface area contributed by atoms with E-state index < -0.39 is 35.4 Å². The van der Waals surface area contributed by atoms with Crippen LogP contribution in [0.15, 0.2) is 54.6 Å². The summed E-state index contributed by atoms with van der Waals surface area (Å²) in [6, 6.07) is 10.0. The number of carbonyl (C=O) groups is 3. The van der Waals surface area contributed by atoms with Crippen molar-refractivity contribution in [2.75, 3.05) is 6.54 Å². The summed E-state index contributed by atoms with van der Waals surface area (Å²) in [6.45, 7) is 2.27. The highest BCUT2D eigenvalue weighted by Crippen LogP contribution is 2.29. The molecule has 2 aromatic carbocycles. The maximum atomic E-state index is 12.7. The molecule has 0 fully saturated rings. The lowest BCUT2D eigenvalue weighted by molar-refractivity contribution is -0.137. The van der Waals surface area contributed by atoms with Crippen molar-refractivity contribution >= 4 is 17.6 Å². The van der Waals surface area contributed by atoms with Crippen molar-refractivity contribution in [3.63, 3.8) is 0 Å². The van der Waals surface area contributed by atoms with Crippen LogP contribution < -0.4 is 10.6 Å². The monoisotopic (exact) mass is 406 g/mol. The van der Waals surface area contributed by atoms with E-state index in [0.717, 1.165) is 30.7 Å². The SMILES string of the molecule is CCCCNC(=O)C(NC(=O)c1ccc(C(F)(F)F)cc1)C(=O)c1ccccc1. The Morgan fingerprint density at radius 3 is 2.10 bits per heavy atom. The van der Waals surface area contributed by atoms with E-state index in [1.165, 1.54) is 12.1 Å². The number of hydrogen-bond acceptors (Lipinski definition) is 3. The van der Waals surface area contributed by atoms with Gasteiger partial charge < -0.3 is 10.6 Å². The Kier molecular flexibility index (Phi) is 7.52. The molecule has 0 radical (unpaired) electrons. The van der Waals surface area contributed by atoms with Crippen LogP contribution in [0, 0.1) is 0 Å². The summed E-state index contributed by atoms with van der Waals surface area (Å²) < 4.78 is 38.0. The molecule has 2 rings (SSSR count). The molecule has 0 bridgehead atoms. The van der Waals surface area contributed by atoms with E-state index in [4.69, 9.17) is 0 Å². The molecule has 2 N–H and O–H groups in total. The third kappa shape index (κ3) is 6.17. The Bertz CT molecular complexity index is 850. The topological polar surface area (TPSA) is 75.3 Å². The number of amides is 2. The second-order valence-corrected chi connectivity index (χ2v) is 6.36. The molecule has 0 aliphatic rings. The molecular weight excluding hydrogens is 385 g/mol. The number of Topliss-reactive ketones (excluding diaryl/α,β-unsaturated/α-hetero) is 1. The van der Waals surface area contributed by atoms with Crippen LogP contribution in [0.1, 0.15) is 46.0 Å². The van der Waals surface area contributed by atoms with Crippen molar-refractivity contribution in [2.45, 2.75) is 32.0 Å². The summed E-state index contributed by atoms with van der Waals surface area (Å²) in [4.78, 5) is 37.7. The highest BCUT2D eigenvalue weighted by atomic mass is 19.4. The average Bonchev–Trinajstić information content (AvgIpc) is 2.71. The summed E-state index contributed by atoms with van der Waals surface area (Å²) in [5.74, 6) is -2.11. The number of carbonyl (C=O) groups excluding carboxylic acids is 3. The predicted octanol–water partition coefficient (Wildman–Crippen LogP) is 3.60. The molecule has 0 spiro atoms. The summed E-state index contributed by atoms with van der Waals surface area (Å²) >= 11 is 0. The lowest BCUT2D eigenvalue weighted by Crippen LogP contribution is -2.51. The van der Waals surface area contributed by atoms with Gasteiger partial charge in [0, 0.05) is 17.7 Å². The quantitative estimate of drug-likeness (QED) is 0.400. The number of ketones is 1. The van der Waals surface area contributed by atoms with Gasteiger partial charge >= 0.3 is 6.18 Å². The van der Waals surface area contributed by atoms with Crippen LogP contribution in [-0.2, 0) is 11.0 Å². The maximum Gasteiger partial charge on any atom is 0.416 e. The van der Waals surface area contributed by atoms with E-state index in [2.05, 4.69) is 10.6 Å². The fourth-order valence-electron chi connectivity index (χ4n) is 2.53. The molecule has 29 heavy (non-hydrogen) atoms. The van der Waals surface area contributed by atoms with Crippen LogP contribution in [0.5, 0.6) is 0 Å². The van der Waals surface area contributed by atoms with Gasteiger partial charge in [-0.15, -0.1) is 0 Å². The first kappa shape index (κ1) is 22.1. The van der Waals surface area contributed by atoms with Crippen molar-refractivity contribution in [2.24, 2.45) is 0 Å². The van der Waals surface area contributed by atoms with Crippen LogP contribution in [0.4, 0.5) is 13.2 Å². The average molecular weight is 406 g/mol. The molecule has 5 nitrogen and oxygen atoms in total. The molecule has 0 aliphatic heterocycles. The minimum Gasteiger partial charge on any atom is -0.354 e. The second kappa shape index (κ2) is 9.86. The summed E-state index contributed by atoms with van der Waals surface area (Å²) in [7, 11) is 0. The molecule has 0 saturated heterocycles. The third-order valence-electron chi connectivity index (χ3n) is 4.16. The van der Waals surface area contributed by atoms with Crippen LogP contribution in [0.25, 0.3) is 0 Å². The minimum atomic E-state index is -4.53. The number of unbranched alkanes of at least 4 members (excludes halogenated alkanes) is 1. The van der Waals surface area contributed by atoms with Gasteiger partial charge in [-0.1, -0.05) is 43.7 Å². The van der Waals surface area contributed by atoms with Gasteiger partial charge in [0.05, 0.1) is 5.56 Å². The minimum absolute atomic E-state index is 0.0924. The molecule has 1 unspecified atom stereocenters. The second-order valence-electron chi connectivity index (χ2n) is 6.36. The number of benzene rings is 2. The number of hydrogen-bond donors (Lipinski definition) is 2. The molecule has 0 aliphatic carbocycles. The predicted molar refractivity (Wildman–Crippen MR) is 101 cm³/mol. The van der Waals surface area contributed by atoms with E-state index in [0.29, 0.717) is 13.0 Å². The van der Waals surface area contributed by atoms with Crippen LogP contribution in [0.2, 0.25) is 0 Å². The number of halogens is 3. The van der Waals surface area contributed by atoms with Crippen LogP contribution in [0.3, 0.4) is 0 Å². The van der Waals surface area contributed by atoms with Gasteiger partial charge in [-0.05, 0) is 30.7 Å². The summed E-state index contributed by atoms with van der Waals surface area (Å²) in [5, 5.41) is 4.93. The van der Waals surface area contributed by atoms with Gasteiger partial charge in [0.25, 0.3) is 11.8 Å². The fraction of sp³-hybridized carbons (Fsp3) is 0.286. The largest absolute Gasteiger partial charge is 0.416 e. The van der Waals surface area contributed by atoms with E-state index >= 15 is 0 Å². The number of nitrogens with one attached hydrogen (secondary N) is 2. The highest BCUT2D eigenvalue weighted by Gasteiger charge is 2.32. The molecule has 8 heteroatoms. The Morgan fingerprint density at radius 1 is 0.931 bits per heavy atom. The molecule has 2 aromatic rings. The van der Waals surface area contributed by atoms with Gasteiger partial charge in [-0.25, -0.2) is 0 Å². The van der Waals surface area contributed by atoms with Gasteiger partial charge in [-0.3, -0.25) is 14.4 Å².